The van der Waals surface area contributed by atoms with Gasteiger partial charge < -0.3 is 5.32 Å². The Labute approximate surface area is 139 Å². The Morgan fingerprint density at radius 1 is 1.57 bits per heavy atom. The van der Waals surface area contributed by atoms with Gasteiger partial charge >= 0.3 is 0 Å². The van der Waals surface area contributed by atoms with E-state index in [4.69, 9.17) is 5.26 Å². The molecule has 3 heterocycles. The molecule has 2 atom stereocenters. The van der Waals surface area contributed by atoms with Crippen LogP contribution in [-0.2, 0) is 0 Å². The molecule has 1 amide bonds. The molecule has 1 fully saturated rings. The van der Waals surface area contributed by atoms with E-state index in [2.05, 4.69) is 34.4 Å². The van der Waals surface area contributed by atoms with Crippen molar-refractivity contribution in [1.82, 2.24) is 15.2 Å². The van der Waals surface area contributed by atoms with Crippen molar-refractivity contribution in [2.75, 3.05) is 20.1 Å². The molecule has 0 bridgehead atoms. The predicted molar refractivity (Wildman–Crippen MR) is 89.1 cm³/mol. The minimum Gasteiger partial charge on any atom is -0.351 e. The van der Waals surface area contributed by atoms with Crippen molar-refractivity contribution in [3.63, 3.8) is 0 Å². The Balaban J connectivity index is 1.68. The van der Waals surface area contributed by atoms with E-state index in [1.807, 2.05) is 12.3 Å². The molecule has 5 nitrogen and oxygen atoms in total. The molecule has 0 unspecified atom stereocenters. The lowest BCUT2D eigenvalue weighted by molar-refractivity contribution is 0.0947. The maximum Gasteiger partial charge on any atom is 0.262 e. The quantitative estimate of drug-likeness (QED) is 0.937. The van der Waals surface area contributed by atoms with E-state index < -0.39 is 0 Å². The van der Waals surface area contributed by atoms with Gasteiger partial charge in [-0.2, -0.15) is 5.26 Å². The number of amides is 1. The molecular weight excluding hydrogens is 308 g/mol. The monoisotopic (exact) mass is 326 g/mol. The molecule has 23 heavy (non-hydrogen) atoms. The van der Waals surface area contributed by atoms with Crippen LogP contribution in [-0.4, -0.2) is 35.9 Å². The van der Waals surface area contributed by atoms with Gasteiger partial charge in [0.25, 0.3) is 5.91 Å². The molecule has 3 rings (SSSR count). The van der Waals surface area contributed by atoms with Gasteiger partial charge in [0.05, 0.1) is 5.56 Å². The molecule has 118 valence electrons. The maximum atomic E-state index is 12.3. The van der Waals surface area contributed by atoms with Crippen molar-refractivity contribution < 1.29 is 4.79 Å². The number of aromatic nitrogens is 1. The van der Waals surface area contributed by atoms with Gasteiger partial charge in [-0.3, -0.25) is 14.7 Å². The number of nitrogens with zero attached hydrogens (tertiary/aromatic N) is 3. The molecule has 0 aromatic carbocycles. The molecule has 0 spiro atoms. The van der Waals surface area contributed by atoms with Gasteiger partial charge in [-0.05, 0) is 49.0 Å². The summed E-state index contributed by atoms with van der Waals surface area (Å²) in [6.07, 6.45) is 4.70. The second kappa shape index (κ2) is 6.90. The number of likely N-dealkylation sites (tertiary alicyclic amines) is 1. The Kier molecular flexibility index (Phi) is 4.70. The summed E-state index contributed by atoms with van der Waals surface area (Å²) in [5.41, 5.74) is 1.63. The van der Waals surface area contributed by atoms with Crippen LogP contribution in [0.25, 0.3) is 0 Å². The third kappa shape index (κ3) is 3.26. The zero-order valence-electron chi connectivity index (χ0n) is 12.9. The Morgan fingerprint density at radius 3 is 3.17 bits per heavy atom. The first-order chi connectivity index (χ1) is 11.2. The lowest BCUT2D eigenvalue weighted by Gasteiger charge is -2.25. The number of nitrogens with one attached hydrogen (secondary N) is 1. The number of carbonyl (C=O) groups excluding carboxylic acids is 1. The van der Waals surface area contributed by atoms with Crippen LogP contribution in [0, 0.1) is 17.2 Å². The van der Waals surface area contributed by atoms with Gasteiger partial charge in [0, 0.05) is 25.0 Å². The zero-order chi connectivity index (χ0) is 16.2. The number of hydrogen-bond donors (Lipinski definition) is 1. The summed E-state index contributed by atoms with van der Waals surface area (Å²) in [4.78, 5) is 19.3. The zero-order valence-corrected chi connectivity index (χ0v) is 13.7. The van der Waals surface area contributed by atoms with Crippen molar-refractivity contribution in [1.29, 1.82) is 5.26 Å². The summed E-state index contributed by atoms with van der Waals surface area (Å²) in [6, 6.07) is 8.04. The molecule has 2 aromatic rings. The molecule has 0 saturated carbocycles. The number of hydrogen-bond acceptors (Lipinski definition) is 5. The normalized spacial score (nSPS) is 21.0. The fourth-order valence-corrected chi connectivity index (χ4v) is 3.95. The van der Waals surface area contributed by atoms with Gasteiger partial charge in [-0.15, -0.1) is 11.3 Å². The smallest absolute Gasteiger partial charge is 0.262 e. The van der Waals surface area contributed by atoms with Gasteiger partial charge in [0.1, 0.15) is 10.9 Å². The average molecular weight is 326 g/mol. The van der Waals surface area contributed by atoms with Crippen molar-refractivity contribution in [3.8, 4) is 6.07 Å². The molecule has 1 aliphatic heterocycles. The average Bonchev–Trinajstić information content (AvgIpc) is 3.19. The SMILES string of the molecule is CN1CC[C@@H](CNC(=O)c2sccc2C#N)[C@@H]1c1cccnc1. The van der Waals surface area contributed by atoms with E-state index >= 15 is 0 Å². The fourth-order valence-electron chi connectivity index (χ4n) is 3.19. The highest BCUT2D eigenvalue weighted by atomic mass is 32.1. The summed E-state index contributed by atoms with van der Waals surface area (Å²) in [7, 11) is 2.10. The van der Waals surface area contributed by atoms with E-state index in [1.54, 1.807) is 17.6 Å². The van der Waals surface area contributed by atoms with Crippen LogP contribution in [0.1, 0.15) is 33.3 Å². The van der Waals surface area contributed by atoms with E-state index in [0.29, 0.717) is 22.9 Å². The number of nitriles is 1. The molecular formula is C17H18N4OS. The number of thiophene rings is 1. The van der Waals surface area contributed by atoms with E-state index in [-0.39, 0.29) is 11.9 Å². The highest BCUT2D eigenvalue weighted by Gasteiger charge is 2.33. The lowest BCUT2D eigenvalue weighted by atomic mass is 9.95. The lowest BCUT2D eigenvalue weighted by Crippen LogP contribution is -2.32. The van der Waals surface area contributed by atoms with Crippen LogP contribution in [0.15, 0.2) is 36.0 Å². The first-order valence-corrected chi connectivity index (χ1v) is 8.44. The molecule has 1 N–H and O–H groups in total. The summed E-state index contributed by atoms with van der Waals surface area (Å²) < 4.78 is 0. The third-order valence-electron chi connectivity index (χ3n) is 4.32. The summed E-state index contributed by atoms with van der Waals surface area (Å²) in [5, 5.41) is 13.8. The van der Waals surface area contributed by atoms with Crippen molar-refractivity contribution >= 4 is 17.2 Å². The van der Waals surface area contributed by atoms with Crippen LogP contribution in [0.5, 0.6) is 0 Å². The summed E-state index contributed by atoms with van der Waals surface area (Å²) in [6.45, 7) is 1.61. The number of carbonyl (C=O) groups is 1. The van der Waals surface area contributed by atoms with Gasteiger partial charge in [-0.1, -0.05) is 6.07 Å². The van der Waals surface area contributed by atoms with Gasteiger partial charge in [0.2, 0.25) is 0 Å². The number of rotatable bonds is 4. The Hall–Kier alpha value is -2.23. The van der Waals surface area contributed by atoms with Crippen LogP contribution in [0.4, 0.5) is 0 Å². The topological polar surface area (TPSA) is 69.0 Å². The van der Waals surface area contributed by atoms with Crippen molar-refractivity contribution in [2.45, 2.75) is 12.5 Å². The molecule has 0 aliphatic carbocycles. The molecule has 6 heteroatoms. The standard InChI is InChI=1S/C17H18N4OS/c1-21-7-4-14(15(21)13-3-2-6-19-10-13)11-20-17(22)16-12(9-18)5-8-23-16/h2-3,5-6,8,10,14-15H,4,7,11H2,1H3,(H,20,22)/t14-,15-/m0/s1. The minimum absolute atomic E-state index is 0.156. The van der Waals surface area contributed by atoms with Crippen LogP contribution in [0.2, 0.25) is 0 Å². The predicted octanol–water partition coefficient (Wildman–Crippen LogP) is 2.44. The van der Waals surface area contributed by atoms with Crippen molar-refractivity contribution in [2.24, 2.45) is 5.92 Å². The second-order valence-electron chi connectivity index (χ2n) is 5.75. The molecule has 1 aliphatic rings. The van der Waals surface area contributed by atoms with Crippen LogP contribution in [0.3, 0.4) is 0 Å². The van der Waals surface area contributed by atoms with E-state index in [9.17, 15) is 4.79 Å². The highest BCUT2D eigenvalue weighted by molar-refractivity contribution is 7.12. The first-order valence-electron chi connectivity index (χ1n) is 7.56. The first kappa shape index (κ1) is 15.7. The van der Waals surface area contributed by atoms with E-state index in [1.165, 1.54) is 16.9 Å². The van der Waals surface area contributed by atoms with Crippen molar-refractivity contribution in [3.05, 3.63) is 52.0 Å². The highest BCUT2D eigenvalue weighted by Crippen LogP contribution is 2.35. The van der Waals surface area contributed by atoms with Crippen LogP contribution < -0.4 is 5.32 Å². The second-order valence-corrected chi connectivity index (χ2v) is 6.66. The number of pyridine rings is 1. The summed E-state index contributed by atoms with van der Waals surface area (Å²) >= 11 is 1.31. The maximum absolute atomic E-state index is 12.3. The minimum atomic E-state index is -0.156. The molecule has 1 saturated heterocycles. The fraction of sp³-hybridized carbons (Fsp3) is 0.353. The third-order valence-corrected chi connectivity index (χ3v) is 5.23. The van der Waals surface area contributed by atoms with E-state index in [0.717, 1.165) is 13.0 Å². The van der Waals surface area contributed by atoms with Crippen LogP contribution >= 0.6 is 11.3 Å². The summed E-state index contributed by atoms with van der Waals surface area (Å²) in [5.74, 6) is 0.190. The molecule has 0 radical (unpaired) electrons. The Morgan fingerprint density at radius 2 is 2.43 bits per heavy atom. The Bertz CT molecular complexity index is 722. The van der Waals surface area contributed by atoms with Gasteiger partial charge in [-0.25, -0.2) is 0 Å². The largest absolute Gasteiger partial charge is 0.351 e. The molecule has 2 aromatic heterocycles. The van der Waals surface area contributed by atoms with Gasteiger partial charge in [0.15, 0.2) is 0 Å².